The van der Waals surface area contributed by atoms with E-state index in [2.05, 4.69) is 25.6 Å². The van der Waals surface area contributed by atoms with Crippen molar-refractivity contribution in [2.75, 3.05) is 32.1 Å². The third-order valence-electron chi connectivity index (χ3n) is 6.70. The van der Waals surface area contributed by atoms with E-state index in [1.807, 2.05) is 18.3 Å². The van der Waals surface area contributed by atoms with Gasteiger partial charge in [0.2, 0.25) is 0 Å². The molecular formula is C31H30FN5O5. The highest BCUT2D eigenvalue weighted by Crippen LogP contribution is 2.38. The summed E-state index contributed by atoms with van der Waals surface area (Å²) in [5, 5.41) is 5.53. The minimum absolute atomic E-state index is 0.0708. The first-order valence-corrected chi connectivity index (χ1v) is 13.5. The van der Waals surface area contributed by atoms with E-state index in [1.54, 1.807) is 43.8 Å². The molecular weight excluding hydrogens is 541 g/mol. The van der Waals surface area contributed by atoms with Crippen LogP contribution in [0, 0.1) is 11.7 Å². The number of hydrogen-bond donors (Lipinski definition) is 2. The largest absolute Gasteiger partial charge is 0.493 e. The number of fused-ring (bicyclic) bond motifs is 1. The van der Waals surface area contributed by atoms with Gasteiger partial charge < -0.3 is 24.8 Å². The molecule has 0 saturated carbocycles. The van der Waals surface area contributed by atoms with Crippen molar-refractivity contribution in [3.63, 3.8) is 0 Å². The lowest BCUT2D eigenvalue weighted by Gasteiger charge is -2.19. The predicted molar refractivity (Wildman–Crippen MR) is 156 cm³/mol. The zero-order valence-electron chi connectivity index (χ0n) is 23.0. The highest BCUT2D eigenvalue weighted by molar-refractivity contribution is 6.39. The van der Waals surface area contributed by atoms with Crippen LogP contribution in [-0.4, -0.2) is 54.8 Å². The summed E-state index contributed by atoms with van der Waals surface area (Å²) in [5.41, 5.74) is 1.49. The van der Waals surface area contributed by atoms with Gasteiger partial charge in [-0.3, -0.25) is 24.5 Å². The van der Waals surface area contributed by atoms with Crippen LogP contribution in [0.25, 0.3) is 10.9 Å². The highest BCUT2D eigenvalue weighted by atomic mass is 19.1. The van der Waals surface area contributed by atoms with Crippen LogP contribution in [0.15, 0.2) is 72.0 Å². The molecule has 0 spiro atoms. The van der Waals surface area contributed by atoms with Crippen LogP contribution < -0.4 is 24.8 Å². The van der Waals surface area contributed by atoms with Crippen molar-refractivity contribution in [2.45, 2.75) is 19.3 Å². The second kappa shape index (κ2) is 13.5. The van der Waals surface area contributed by atoms with Crippen LogP contribution in [0.5, 0.6) is 23.0 Å². The summed E-state index contributed by atoms with van der Waals surface area (Å²) in [6.45, 7) is 1.57. The Labute approximate surface area is 241 Å². The van der Waals surface area contributed by atoms with Gasteiger partial charge in [0.05, 0.1) is 19.2 Å². The lowest BCUT2D eigenvalue weighted by atomic mass is 10.0. The molecule has 0 radical (unpaired) electrons. The molecule has 1 aliphatic heterocycles. The molecule has 0 bridgehead atoms. The second-order valence-corrected chi connectivity index (χ2v) is 9.65. The Hall–Kier alpha value is -5.06. The van der Waals surface area contributed by atoms with E-state index < -0.39 is 17.6 Å². The molecule has 0 aliphatic carbocycles. The molecule has 2 aromatic carbocycles. The van der Waals surface area contributed by atoms with Gasteiger partial charge in [-0.05, 0) is 61.4 Å². The number of pyridine rings is 2. The standard InChI is InChI=1S/C31H30FN5O5/c1-40-28-17-23-25(18-29(28)41-19-20-7-12-33-13-8-20)35-15-10-26(23)42-27-6-5-22(16-24(27)32)37-31(39)30(38)36-14-9-21-4-2-3-11-34-21/h2-6,10-12,15-18,20H,7-9,13-14,19H2,1H3,(H,36,38)(H,37,39). The summed E-state index contributed by atoms with van der Waals surface area (Å²) >= 11 is 0. The van der Waals surface area contributed by atoms with E-state index in [0.29, 0.717) is 47.1 Å². The number of halogens is 1. The summed E-state index contributed by atoms with van der Waals surface area (Å²) in [4.78, 5) is 37.3. The average Bonchev–Trinajstić information content (AvgIpc) is 3.02. The van der Waals surface area contributed by atoms with E-state index in [4.69, 9.17) is 14.2 Å². The second-order valence-electron chi connectivity index (χ2n) is 9.65. The third kappa shape index (κ3) is 7.17. The Morgan fingerprint density at radius 1 is 0.976 bits per heavy atom. The molecule has 1 aliphatic rings. The molecule has 1 atom stereocenters. The van der Waals surface area contributed by atoms with Gasteiger partial charge in [-0.1, -0.05) is 6.07 Å². The Bertz CT molecular complexity index is 1600. The van der Waals surface area contributed by atoms with Gasteiger partial charge in [0, 0.05) is 60.8 Å². The monoisotopic (exact) mass is 571 g/mol. The maximum absolute atomic E-state index is 15.0. The quantitative estimate of drug-likeness (QED) is 0.264. The molecule has 11 heteroatoms. The van der Waals surface area contributed by atoms with Crippen molar-refractivity contribution in [3.05, 3.63) is 78.5 Å². The number of aliphatic imine (C=N–C) groups is 1. The van der Waals surface area contributed by atoms with Crippen molar-refractivity contribution in [1.82, 2.24) is 15.3 Å². The highest BCUT2D eigenvalue weighted by Gasteiger charge is 2.18. The van der Waals surface area contributed by atoms with Crippen LogP contribution in [0.2, 0.25) is 0 Å². The van der Waals surface area contributed by atoms with Gasteiger partial charge in [0.15, 0.2) is 23.1 Å². The number of carbonyl (C=O) groups is 2. The SMILES string of the molecule is COc1cc2c(Oc3ccc(NC(=O)C(=O)NCCc4ccccn4)cc3F)ccnc2cc1OCC1CC=NCC1. The van der Waals surface area contributed by atoms with Crippen molar-refractivity contribution < 1.29 is 28.2 Å². The van der Waals surface area contributed by atoms with E-state index in [0.717, 1.165) is 31.1 Å². The average molecular weight is 572 g/mol. The summed E-state index contributed by atoms with van der Waals surface area (Å²) in [5.74, 6) is -0.740. The molecule has 2 amide bonds. The zero-order valence-corrected chi connectivity index (χ0v) is 23.0. The van der Waals surface area contributed by atoms with Gasteiger partial charge in [-0.25, -0.2) is 4.39 Å². The van der Waals surface area contributed by atoms with Crippen LogP contribution in [-0.2, 0) is 16.0 Å². The van der Waals surface area contributed by atoms with Crippen LogP contribution in [0.1, 0.15) is 18.5 Å². The van der Waals surface area contributed by atoms with Crippen LogP contribution in [0.4, 0.5) is 10.1 Å². The number of benzene rings is 2. The number of nitrogens with zero attached hydrogens (tertiary/aromatic N) is 3. The minimum atomic E-state index is -0.911. The number of methoxy groups -OCH3 is 1. The lowest BCUT2D eigenvalue weighted by molar-refractivity contribution is -0.136. The summed E-state index contributed by atoms with van der Waals surface area (Å²) in [6.07, 6.45) is 7.46. The number of nitrogens with one attached hydrogen (secondary N) is 2. The fourth-order valence-electron chi connectivity index (χ4n) is 4.44. The third-order valence-corrected chi connectivity index (χ3v) is 6.70. The van der Waals surface area contributed by atoms with Gasteiger partial charge in [0.1, 0.15) is 5.75 Å². The fraction of sp³-hybridized carbons (Fsp3) is 0.258. The Morgan fingerprint density at radius 3 is 2.64 bits per heavy atom. The van der Waals surface area contributed by atoms with Crippen LogP contribution >= 0.6 is 0 Å². The molecule has 0 fully saturated rings. The molecule has 216 valence electrons. The number of ether oxygens (including phenoxy) is 3. The molecule has 1 unspecified atom stereocenters. The first-order valence-electron chi connectivity index (χ1n) is 13.5. The molecule has 10 nitrogen and oxygen atoms in total. The minimum Gasteiger partial charge on any atom is -0.493 e. The van der Waals surface area contributed by atoms with Gasteiger partial charge >= 0.3 is 11.8 Å². The molecule has 3 heterocycles. The Morgan fingerprint density at radius 2 is 1.88 bits per heavy atom. The Balaban J connectivity index is 1.23. The van der Waals surface area contributed by atoms with E-state index in [-0.39, 0.29) is 18.0 Å². The molecule has 5 rings (SSSR count). The van der Waals surface area contributed by atoms with E-state index in [9.17, 15) is 9.59 Å². The smallest absolute Gasteiger partial charge is 0.313 e. The number of carbonyl (C=O) groups excluding carboxylic acids is 2. The van der Waals surface area contributed by atoms with Crippen molar-refractivity contribution >= 4 is 34.6 Å². The van der Waals surface area contributed by atoms with Gasteiger partial charge in [0.25, 0.3) is 0 Å². The topological polar surface area (TPSA) is 124 Å². The maximum atomic E-state index is 15.0. The first-order chi connectivity index (χ1) is 20.5. The zero-order chi connectivity index (χ0) is 29.3. The summed E-state index contributed by atoms with van der Waals surface area (Å²) < 4.78 is 32.5. The molecule has 2 aromatic heterocycles. The van der Waals surface area contributed by atoms with Crippen molar-refractivity contribution in [1.29, 1.82) is 0 Å². The molecule has 2 N–H and O–H groups in total. The van der Waals surface area contributed by atoms with Crippen LogP contribution in [0.3, 0.4) is 0 Å². The summed E-state index contributed by atoms with van der Waals surface area (Å²) in [7, 11) is 1.55. The number of rotatable bonds is 10. The fourth-order valence-corrected chi connectivity index (χ4v) is 4.44. The van der Waals surface area contributed by atoms with E-state index in [1.165, 1.54) is 12.1 Å². The first kappa shape index (κ1) is 28.5. The van der Waals surface area contributed by atoms with Crippen molar-refractivity contribution in [2.24, 2.45) is 10.9 Å². The number of anilines is 1. The lowest BCUT2D eigenvalue weighted by Crippen LogP contribution is -2.36. The number of amides is 2. The van der Waals surface area contributed by atoms with E-state index >= 15 is 4.39 Å². The van der Waals surface area contributed by atoms with Gasteiger partial charge in [-0.15, -0.1) is 0 Å². The van der Waals surface area contributed by atoms with Gasteiger partial charge in [-0.2, -0.15) is 0 Å². The molecule has 4 aromatic rings. The normalized spacial score (nSPS) is 14.3. The Kier molecular flexibility index (Phi) is 9.17. The number of aromatic nitrogens is 2. The molecule has 0 saturated heterocycles. The molecule has 42 heavy (non-hydrogen) atoms. The maximum Gasteiger partial charge on any atom is 0.313 e. The summed E-state index contributed by atoms with van der Waals surface area (Å²) in [6, 6.07) is 14.5. The predicted octanol–water partition coefficient (Wildman–Crippen LogP) is 4.73. The van der Waals surface area contributed by atoms with Crippen molar-refractivity contribution in [3.8, 4) is 23.0 Å². The number of hydrogen-bond acceptors (Lipinski definition) is 8.